The zero-order valence-corrected chi connectivity index (χ0v) is 12.6. The number of likely N-dealkylation sites (N-methyl/N-ethyl adjacent to an activating group) is 1. The Morgan fingerprint density at radius 3 is 2.00 bits per heavy atom. The molecule has 19 heavy (non-hydrogen) atoms. The highest BCUT2D eigenvalue weighted by atomic mass is 16.3. The molecule has 0 aliphatic rings. The lowest BCUT2D eigenvalue weighted by Crippen LogP contribution is -2.43. The number of hydrogen-bond donors (Lipinski definition) is 3. The maximum Gasteiger partial charge on any atom is 0.309 e. The average molecular weight is 273 g/mol. The summed E-state index contributed by atoms with van der Waals surface area (Å²) < 4.78 is 0. The Labute approximate surface area is 115 Å². The van der Waals surface area contributed by atoms with Gasteiger partial charge in [-0.2, -0.15) is 0 Å². The van der Waals surface area contributed by atoms with Crippen molar-refractivity contribution in [1.29, 1.82) is 0 Å². The van der Waals surface area contributed by atoms with Crippen molar-refractivity contribution in [2.24, 2.45) is 5.41 Å². The standard InChI is InChI=1S/C13H27N3O3/c1-13(2,3)10(17)6-7-14-11(18)12(19)15-8-9-16(4)5/h10,17H,6-9H2,1-5H3,(H,14,18)(H,15,19). The lowest BCUT2D eigenvalue weighted by atomic mass is 9.87. The third-order valence-corrected chi connectivity index (χ3v) is 2.75. The lowest BCUT2D eigenvalue weighted by molar-refractivity contribution is -0.139. The monoisotopic (exact) mass is 273 g/mol. The van der Waals surface area contributed by atoms with E-state index in [0.29, 0.717) is 26.1 Å². The van der Waals surface area contributed by atoms with E-state index in [1.807, 2.05) is 39.8 Å². The Hall–Kier alpha value is -1.14. The minimum Gasteiger partial charge on any atom is -0.393 e. The quantitative estimate of drug-likeness (QED) is 0.574. The lowest BCUT2D eigenvalue weighted by Gasteiger charge is -2.25. The summed E-state index contributed by atoms with van der Waals surface area (Å²) in [5.41, 5.74) is -0.224. The molecule has 1 unspecified atom stereocenters. The number of carbonyl (C=O) groups is 2. The minimum absolute atomic E-state index is 0.224. The highest BCUT2D eigenvalue weighted by molar-refractivity contribution is 6.35. The van der Waals surface area contributed by atoms with Gasteiger partial charge in [0.1, 0.15) is 0 Å². The molecule has 0 spiro atoms. The van der Waals surface area contributed by atoms with Crippen LogP contribution in [0.4, 0.5) is 0 Å². The van der Waals surface area contributed by atoms with Gasteiger partial charge in [0.05, 0.1) is 6.10 Å². The third-order valence-electron chi connectivity index (χ3n) is 2.75. The van der Waals surface area contributed by atoms with Crippen molar-refractivity contribution >= 4 is 11.8 Å². The van der Waals surface area contributed by atoms with Gasteiger partial charge in [-0.1, -0.05) is 20.8 Å². The summed E-state index contributed by atoms with van der Waals surface area (Å²) in [5, 5.41) is 14.8. The fourth-order valence-electron chi connectivity index (χ4n) is 1.31. The van der Waals surface area contributed by atoms with E-state index in [0.717, 1.165) is 0 Å². The number of amides is 2. The molecule has 6 nitrogen and oxygen atoms in total. The van der Waals surface area contributed by atoms with Gasteiger partial charge in [0.15, 0.2) is 0 Å². The third kappa shape index (κ3) is 8.56. The van der Waals surface area contributed by atoms with E-state index in [-0.39, 0.29) is 5.41 Å². The molecule has 0 fully saturated rings. The Morgan fingerprint density at radius 2 is 1.58 bits per heavy atom. The molecule has 1 atom stereocenters. The second-order valence-corrected chi connectivity index (χ2v) is 5.99. The highest BCUT2D eigenvalue weighted by Gasteiger charge is 2.22. The molecule has 0 aliphatic carbocycles. The van der Waals surface area contributed by atoms with Crippen LogP contribution in [0, 0.1) is 5.41 Å². The van der Waals surface area contributed by atoms with Crippen LogP contribution >= 0.6 is 0 Å². The summed E-state index contributed by atoms with van der Waals surface area (Å²) in [4.78, 5) is 24.7. The topological polar surface area (TPSA) is 81.7 Å². The van der Waals surface area contributed by atoms with Crippen LogP contribution in [0.5, 0.6) is 0 Å². The largest absolute Gasteiger partial charge is 0.393 e. The van der Waals surface area contributed by atoms with Crippen LogP contribution < -0.4 is 10.6 Å². The number of rotatable bonds is 6. The van der Waals surface area contributed by atoms with Gasteiger partial charge in [0.2, 0.25) is 0 Å². The average Bonchev–Trinajstić information content (AvgIpc) is 2.26. The molecule has 112 valence electrons. The predicted molar refractivity (Wildman–Crippen MR) is 74.7 cm³/mol. The molecule has 0 heterocycles. The molecule has 0 rings (SSSR count). The van der Waals surface area contributed by atoms with Crippen molar-refractivity contribution in [3.05, 3.63) is 0 Å². The zero-order valence-electron chi connectivity index (χ0n) is 12.6. The molecule has 3 N–H and O–H groups in total. The fourth-order valence-corrected chi connectivity index (χ4v) is 1.31. The van der Waals surface area contributed by atoms with E-state index in [9.17, 15) is 14.7 Å². The number of nitrogens with one attached hydrogen (secondary N) is 2. The molecular formula is C13H27N3O3. The molecule has 0 bridgehead atoms. The maximum absolute atomic E-state index is 11.4. The van der Waals surface area contributed by atoms with Gasteiger partial charge in [-0.3, -0.25) is 9.59 Å². The van der Waals surface area contributed by atoms with E-state index in [1.54, 1.807) is 0 Å². The second kappa shape index (κ2) is 8.12. The number of aliphatic hydroxyl groups excluding tert-OH is 1. The van der Waals surface area contributed by atoms with Gasteiger partial charge in [-0.25, -0.2) is 0 Å². The maximum atomic E-state index is 11.4. The first-order valence-corrected chi connectivity index (χ1v) is 6.53. The van der Waals surface area contributed by atoms with E-state index >= 15 is 0 Å². The molecule has 0 saturated carbocycles. The summed E-state index contributed by atoms with van der Waals surface area (Å²) >= 11 is 0. The van der Waals surface area contributed by atoms with Crippen molar-refractivity contribution in [2.75, 3.05) is 33.7 Å². The van der Waals surface area contributed by atoms with Gasteiger partial charge < -0.3 is 20.6 Å². The molecule has 2 amide bonds. The Balaban J connectivity index is 3.83. The van der Waals surface area contributed by atoms with Crippen LogP contribution in [0.2, 0.25) is 0 Å². The predicted octanol–water partition coefficient (Wildman–Crippen LogP) is -0.422. The van der Waals surface area contributed by atoms with Crippen LogP contribution in [-0.4, -0.2) is 61.7 Å². The summed E-state index contributed by atoms with van der Waals surface area (Å²) in [5.74, 6) is -1.29. The van der Waals surface area contributed by atoms with Gasteiger partial charge in [0, 0.05) is 19.6 Å². The van der Waals surface area contributed by atoms with Crippen molar-refractivity contribution in [3.63, 3.8) is 0 Å². The molecule has 0 radical (unpaired) electrons. The Bertz CT molecular complexity index is 298. The summed E-state index contributed by atoms with van der Waals surface area (Å²) in [7, 11) is 3.78. The number of aliphatic hydroxyl groups is 1. The fraction of sp³-hybridized carbons (Fsp3) is 0.846. The van der Waals surface area contributed by atoms with Crippen molar-refractivity contribution in [2.45, 2.75) is 33.3 Å². The van der Waals surface area contributed by atoms with Crippen LogP contribution in [0.25, 0.3) is 0 Å². The van der Waals surface area contributed by atoms with E-state index < -0.39 is 17.9 Å². The Kier molecular flexibility index (Phi) is 7.63. The van der Waals surface area contributed by atoms with Gasteiger partial charge >= 0.3 is 11.8 Å². The second-order valence-electron chi connectivity index (χ2n) is 5.99. The summed E-state index contributed by atoms with van der Waals surface area (Å²) in [6, 6.07) is 0. The normalized spacial score (nSPS) is 13.2. The first-order valence-electron chi connectivity index (χ1n) is 6.53. The first kappa shape index (κ1) is 17.9. The minimum atomic E-state index is -0.653. The Morgan fingerprint density at radius 1 is 1.11 bits per heavy atom. The van der Waals surface area contributed by atoms with Crippen LogP contribution in [-0.2, 0) is 9.59 Å². The van der Waals surface area contributed by atoms with E-state index in [1.165, 1.54) is 0 Å². The smallest absolute Gasteiger partial charge is 0.309 e. The highest BCUT2D eigenvalue weighted by Crippen LogP contribution is 2.20. The van der Waals surface area contributed by atoms with E-state index in [4.69, 9.17) is 0 Å². The number of carbonyl (C=O) groups excluding carboxylic acids is 2. The molecule has 0 aliphatic heterocycles. The summed E-state index contributed by atoms with van der Waals surface area (Å²) in [6.07, 6.45) is -0.0789. The molecule has 0 saturated heterocycles. The molecular weight excluding hydrogens is 246 g/mol. The molecule has 6 heteroatoms. The molecule has 0 aromatic carbocycles. The van der Waals surface area contributed by atoms with Crippen LogP contribution in [0.1, 0.15) is 27.2 Å². The van der Waals surface area contributed by atoms with Crippen LogP contribution in [0.15, 0.2) is 0 Å². The van der Waals surface area contributed by atoms with E-state index in [2.05, 4.69) is 10.6 Å². The van der Waals surface area contributed by atoms with Crippen molar-refractivity contribution in [3.8, 4) is 0 Å². The molecule has 0 aromatic rings. The van der Waals surface area contributed by atoms with Crippen LogP contribution in [0.3, 0.4) is 0 Å². The summed E-state index contributed by atoms with van der Waals surface area (Å²) in [6.45, 7) is 7.18. The number of hydrogen-bond acceptors (Lipinski definition) is 4. The van der Waals surface area contributed by atoms with Crippen molar-refractivity contribution in [1.82, 2.24) is 15.5 Å². The van der Waals surface area contributed by atoms with Gasteiger partial charge in [0.25, 0.3) is 0 Å². The molecule has 0 aromatic heterocycles. The number of nitrogens with zero attached hydrogens (tertiary/aromatic N) is 1. The first-order chi connectivity index (χ1) is 8.64. The SMILES string of the molecule is CN(C)CCNC(=O)C(=O)NCCC(O)C(C)(C)C. The van der Waals surface area contributed by atoms with Crippen molar-refractivity contribution < 1.29 is 14.7 Å². The van der Waals surface area contributed by atoms with Gasteiger partial charge in [-0.05, 0) is 25.9 Å². The van der Waals surface area contributed by atoms with Gasteiger partial charge in [-0.15, -0.1) is 0 Å². The zero-order chi connectivity index (χ0) is 15.1.